The van der Waals surface area contributed by atoms with Crippen LogP contribution in [0.2, 0.25) is 0 Å². The number of rotatable bonds is 2. The Morgan fingerprint density at radius 2 is 1.39 bits per heavy atom. The fourth-order valence-corrected chi connectivity index (χ4v) is 2.31. The summed E-state index contributed by atoms with van der Waals surface area (Å²) in [7, 11) is 0. The average molecular weight is 296 g/mol. The van der Waals surface area contributed by atoms with Gasteiger partial charge >= 0.3 is 0 Å². The molecule has 0 aromatic heterocycles. The first-order valence-electron chi connectivity index (χ1n) is 7.51. The minimum absolute atomic E-state index is 0.00274. The minimum atomic E-state index is 0.00274. The number of carbonyl (C=O) groups is 1. The molecule has 23 heavy (non-hydrogen) atoms. The lowest BCUT2D eigenvalue weighted by molar-refractivity contribution is 0.103. The van der Waals surface area contributed by atoms with Gasteiger partial charge in [0.05, 0.1) is 0 Å². The average Bonchev–Trinajstić information content (AvgIpc) is 2.61. The van der Waals surface area contributed by atoms with Crippen LogP contribution in [-0.4, -0.2) is 5.78 Å². The van der Waals surface area contributed by atoms with Crippen LogP contribution in [0, 0.1) is 18.8 Å². The zero-order valence-corrected chi connectivity index (χ0v) is 12.9. The lowest BCUT2D eigenvalue weighted by Gasteiger charge is -2.04. The quantitative estimate of drug-likeness (QED) is 0.498. The molecule has 3 aromatic rings. The van der Waals surface area contributed by atoms with E-state index in [-0.39, 0.29) is 5.78 Å². The van der Waals surface area contributed by atoms with E-state index < -0.39 is 0 Å². The molecule has 0 unspecified atom stereocenters. The summed E-state index contributed by atoms with van der Waals surface area (Å²) in [6.07, 6.45) is 0. The van der Waals surface area contributed by atoms with Crippen molar-refractivity contribution in [2.75, 3.05) is 0 Å². The summed E-state index contributed by atoms with van der Waals surface area (Å²) in [4.78, 5) is 12.7. The molecular weight excluding hydrogens is 280 g/mol. The minimum Gasteiger partial charge on any atom is -0.289 e. The van der Waals surface area contributed by atoms with Gasteiger partial charge in [-0.15, -0.1) is 0 Å². The van der Waals surface area contributed by atoms with Crippen LogP contribution in [0.3, 0.4) is 0 Å². The summed E-state index contributed by atoms with van der Waals surface area (Å²) >= 11 is 0. The van der Waals surface area contributed by atoms with E-state index in [1.165, 1.54) is 0 Å². The Hall–Kier alpha value is -3.11. The number of benzene rings is 3. The molecule has 0 saturated carbocycles. The molecule has 0 bridgehead atoms. The maximum absolute atomic E-state index is 12.7. The maximum atomic E-state index is 12.7. The summed E-state index contributed by atoms with van der Waals surface area (Å²) in [6.45, 7) is 2.01. The van der Waals surface area contributed by atoms with Crippen molar-refractivity contribution in [2.45, 2.75) is 6.92 Å². The Balaban J connectivity index is 1.97. The topological polar surface area (TPSA) is 17.1 Å². The largest absolute Gasteiger partial charge is 0.289 e. The van der Waals surface area contributed by atoms with E-state index in [9.17, 15) is 4.79 Å². The summed E-state index contributed by atoms with van der Waals surface area (Å²) in [5.74, 6) is 6.24. The number of hydrogen-bond donors (Lipinski definition) is 0. The van der Waals surface area contributed by atoms with Crippen LogP contribution in [0.15, 0.2) is 78.9 Å². The lowest BCUT2D eigenvalue weighted by Crippen LogP contribution is -2.03. The molecule has 0 atom stereocenters. The van der Waals surface area contributed by atoms with Crippen molar-refractivity contribution in [3.05, 3.63) is 107 Å². The fraction of sp³-hybridized carbons (Fsp3) is 0.0455. The molecule has 0 spiro atoms. The molecule has 0 aliphatic rings. The summed E-state index contributed by atoms with van der Waals surface area (Å²) in [5.41, 5.74) is 4.15. The maximum Gasteiger partial charge on any atom is 0.194 e. The van der Waals surface area contributed by atoms with Crippen molar-refractivity contribution in [3.63, 3.8) is 0 Å². The third-order valence-electron chi connectivity index (χ3n) is 3.60. The van der Waals surface area contributed by atoms with Crippen molar-refractivity contribution >= 4 is 5.78 Å². The SMILES string of the molecule is Cc1ccc(C(=O)c2ccccc2C#Cc2ccccc2)cc1. The smallest absolute Gasteiger partial charge is 0.194 e. The predicted molar refractivity (Wildman–Crippen MR) is 93.5 cm³/mol. The molecule has 3 aromatic carbocycles. The number of carbonyl (C=O) groups excluding carboxylic acids is 1. The zero-order valence-electron chi connectivity index (χ0n) is 12.9. The standard InChI is InChI=1S/C22H16O/c1-17-11-14-20(15-12-17)22(23)21-10-6-5-9-19(21)16-13-18-7-3-2-4-8-18/h2-12,14-15H,1H3. The molecule has 0 N–H and O–H groups in total. The second kappa shape index (κ2) is 6.77. The fourth-order valence-electron chi connectivity index (χ4n) is 2.31. The molecule has 0 aliphatic heterocycles. The van der Waals surface area contributed by atoms with Gasteiger partial charge in [0.1, 0.15) is 0 Å². The van der Waals surface area contributed by atoms with Gasteiger partial charge in [0.25, 0.3) is 0 Å². The molecule has 0 aliphatic carbocycles. The number of hydrogen-bond acceptors (Lipinski definition) is 1. The second-order valence-corrected chi connectivity index (χ2v) is 5.36. The van der Waals surface area contributed by atoms with Gasteiger partial charge in [-0.2, -0.15) is 0 Å². The van der Waals surface area contributed by atoms with Crippen molar-refractivity contribution in [1.82, 2.24) is 0 Å². The van der Waals surface area contributed by atoms with Crippen molar-refractivity contribution in [1.29, 1.82) is 0 Å². The Labute approximate surface area is 136 Å². The van der Waals surface area contributed by atoms with Crippen molar-refractivity contribution in [2.24, 2.45) is 0 Å². The molecule has 110 valence electrons. The van der Waals surface area contributed by atoms with Gasteiger partial charge in [0.2, 0.25) is 0 Å². The van der Waals surface area contributed by atoms with Gasteiger partial charge in [-0.05, 0) is 31.2 Å². The van der Waals surface area contributed by atoms with Gasteiger partial charge in [-0.3, -0.25) is 4.79 Å². The molecule has 1 nitrogen and oxygen atoms in total. The first-order chi connectivity index (χ1) is 11.2. The van der Waals surface area contributed by atoms with Gasteiger partial charge in [0.15, 0.2) is 5.78 Å². The highest BCUT2D eigenvalue weighted by atomic mass is 16.1. The lowest BCUT2D eigenvalue weighted by atomic mass is 9.98. The van der Waals surface area contributed by atoms with Crippen LogP contribution in [0.4, 0.5) is 0 Å². The van der Waals surface area contributed by atoms with Crippen LogP contribution < -0.4 is 0 Å². The number of aryl methyl sites for hydroxylation is 1. The van der Waals surface area contributed by atoms with E-state index in [4.69, 9.17) is 0 Å². The molecule has 0 fully saturated rings. The van der Waals surface area contributed by atoms with Crippen LogP contribution in [0.25, 0.3) is 0 Å². The van der Waals surface area contributed by atoms with Crippen molar-refractivity contribution < 1.29 is 4.79 Å². The van der Waals surface area contributed by atoms with E-state index in [0.717, 1.165) is 16.7 Å². The molecular formula is C22H16O. The van der Waals surface area contributed by atoms with Crippen LogP contribution >= 0.6 is 0 Å². The van der Waals surface area contributed by atoms with Crippen LogP contribution in [0.5, 0.6) is 0 Å². The summed E-state index contributed by atoms with van der Waals surface area (Å²) in [6, 6.07) is 24.9. The summed E-state index contributed by atoms with van der Waals surface area (Å²) < 4.78 is 0. The Morgan fingerprint density at radius 3 is 2.13 bits per heavy atom. The molecule has 1 heteroatoms. The Bertz CT molecular complexity index is 879. The summed E-state index contributed by atoms with van der Waals surface area (Å²) in [5, 5.41) is 0. The highest BCUT2D eigenvalue weighted by Gasteiger charge is 2.11. The van der Waals surface area contributed by atoms with Gasteiger partial charge in [-0.25, -0.2) is 0 Å². The molecule has 0 heterocycles. The van der Waals surface area contributed by atoms with Gasteiger partial charge < -0.3 is 0 Å². The predicted octanol–water partition coefficient (Wildman–Crippen LogP) is 4.63. The first-order valence-corrected chi connectivity index (χ1v) is 7.51. The Kier molecular flexibility index (Phi) is 4.36. The Morgan fingerprint density at radius 1 is 0.739 bits per heavy atom. The normalized spacial score (nSPS) is 9.78. The van der Waals surface area contributed by atoms with E-state index in [1.807, 2.05) is 85.8 Å². The molecule has 0 saturated heterocycles. The van der Waals surface area contributed by atoms with Gasteiger partial charge in [-0.1, -0.05) is 72.0 Å². The zero-order chi connectivity index (χ0) is 16.1. The van der Waals surface area contributed by atoms with Crippen LogP contribution in [-0.2, 0) is 0 Å². The second-order valence-electron chi connectivity index (χ2n) is 5.36. The monoisotopic (exact) mass is 296 g/mol. The van der Waals surface area contributed by atoms with E-state index in [1.54, 1.807) is 0 Å². The van der Waals surface area contributed by atoms with Crippen LogP contribution in [0.1, 0.15) is 32.6 Å². The molecule has 3 rings (SSSR count). The van der Waals surface area contributed by atoms with Gasteiger partial charge in [0, 0.05) is 22.3 Å². The third kappa shape index (κ3) is 3.56. The highest BCUT2D eigenvalue weighted by Crippen LogP contribution is 2.15. The third-order valence-corrected chi connectivity index (χ3v) is 3.60. The molecule has 0 radical (unpaired) electrons. The van der Waals surface area contributed by atoms with E-state index in [2.05, 4.69) is 11.8 Å². The molecule has 0 amide bonds. The van der Waals surface area contributed by atoms with E-state index >= 15 is 0 Å². The highest BCUT2D eigenvalue weighted by molar-refractivity contribution is 6.10. The van der Waals surface area contributed by atoms with E-state index in [0.29, 0.717) is 11.1 Å². The first kappa shape index (κ1) is 14.8. The van der Waals surface area contributed by atoms with Crippen molar-refractivity contribution in [3.8, 4) is 11.8 Å². The number of ketones is 1.